The van der Waals surface area contributed by atoms with Gasteiger partial charge in [0.2, 0.25) is 0 Å². The van der Waals surface area contributed by atoms with Crippen molar-refractivity contribution in [3.63, 3.8) is 0 Å². The van der Waals surface area contributed by atoms with Crippen LogP contribution in [0.3, 0.4) is 0 Å². The minimum absolute atomic E-state index is 0.385. The zero-order chi connectivity index (χ0) is 13.0. The Morgan fingerprint density at radius 2 is 2.11 bits per heavy atom. The van der Waals surface area contributed by atoms with Crippen molar-refractivity contribution in [2.24, 2.45) is 0 Å². The highest BCUT2D eigenvalue weighted by atomic mass is 16.3. The third-order valence-electron chi connectivity index (χ3n) is 3.85. The van der Waals surface area contributed by atoms with E-state index < -0.39 is 11.7 Å². The van der Waals surface area contributed by atoms with Crippen LogP contribution >= 0.6 is 0 Å². The van der Waals surface area contributed by atoms with E-state index in [9.17, 15) is 10.2 Å². The normalized spacial score (nSPS) is 20.8. The summed E-state index contributed by atoms with van der Waals surface area (Å²) < 4.78 is 1.81. The summed E-state index contributed by atoms with van der Waals surface area (Å²) in [7, 11) is 0. The van der Waals surface area contributed by atoms with Gasteiger partial charge in [-0.05, 0) is 19.3 Å². The standard InChI is InChI=1S/C13H23N3O2/c1-2-8-16-12(14-10-15-16)9-11(17)13(18)6-4-3-5-7-13/h10-11,17-18H,2-9H2,1H3. The molecule has 0 amide bonds. The summed E-state index contributed by atoms with van der Waals surface area (Å²) in [5.41, 5.74) is -0.929. The number of aromatic nitrogens is 3. The molecule has 1 unspecified atom stereocenters. The molecular weight excluding hydrogens is 230 g/mol. The highest BCUT2D eigenvalue weighted by Gasteiger charge is 2.37. The molecule has 1 atom stereocenters. The van der Waals surface area contributed by atoms with Crippen LogP contribution in [0.15, 0.2) is 6.33 Å². The van der Waals surface area contributed by atoms with Crippen LogP contribution in [0.4, 0.5) is 0 Å². The average Bonchev–Trinajstić information content (AvgIpc) is 2.78. The Morgan fingerprint density at radius 3 is 2.78 bits per heavy atom. The third kappa shape index (κ3) is 2.90. The Bertz CT molecular complexity index is 372. The van der Waals surface area contributed by atoms with Gasteiger partial charge in [-0.2, -0.15) is 5.10 Å². The smallest absolute Gasteiger partial charge is 0.138 e. The van der Waals surface area contributed by atoms with Crippen LogP contribution in [0.2, 0.25) is 0 Å². The summed E-state index contributed by atoms with van der Waals surface area (Å²) in [4.78, 5) is 4.18. The van der Waals surface area contributed by atoms with Crippen LogP contribution in [0.1, 0.15) is 51.3 Å². The van der Waals surface area contributed by atoms with Crippen LogP contribution in [0, 0.1) is 0 Å². The molecular formula is C13H23N3O2. The van der Waals surface area contributed by atoms with Gasteiger partial charge in [-0.3, -0.25) is 4.68 Å². The molecule has 0 saturated heterocycles. The lowest BCUT2D eigenvalue weighted by molar-refractivity contribution is -0.0970. The SMILES string of the molecule is CCCn1ncnc1CC(O)C1(O)CCCCC1. The molecule has 1 aromatic heterocycles. The molecule has 2 N–H and O–H groups in total. The van der Waals surface area contributed by atoms with Crippen LogP contribution in [-0.2, 0) is 13.0 Å². The summed E-state index contributed by atoms with van der Waals surface area (Å²) in [6, 6.07) is 0. The molecule has 1 heterocycles. The van der Waals surface area contributed by atoms with E-state index >= 15 is 0 Å². The maximum atomic E-state index is 10.5. The van der Waals surface area contributed by atoms with Gasteiger partial charge < -0.3 is 10.2 Å². The van der Waals surface area contributed by atoms with Gasteiger partial charge in [-0.25, -0.2) is 4.98 Å². The van der Waals surface area contributed by atoms with E-state index in [1.807, 2.05) is 4.68 Å². The third-order valence-corrected chi connectivity index (χ3v) is 3.85. The lowest BCUT2D eigenvalue weighted by atomic mass is 9.79. The minimum Gasteiger partial charge on any atom is -0.390 e. The Hall–Kier alpha value is -0.940. The molecule has 18 heavy (non-hydrogen) atoms. The number of aryl methyl sites for hydroxylation is 1. The molecule has 1 fully saturated rings. The molecule has 0 spiro atoms. The van der Waals surface area contributed by atoms with E-state index in [2.05, 4.69) is 17.0 Å². The molecule has 1 aliphatic carbocycles. The van der Waals surface area contributed by atoms with E-state index in [4.69, 9.17) is 0 Å². The van der Waals surface area contributed by atoms with Crippen molar-refractivity contribution in [3.8, 4) is 0 Å². The van der Waals surface area contributed by atoms with Gasteiger partial charge in [0.15, 0.2) is 0 Å². The van der Waals surface area contributed by atoms with Gasteiger partial charge in [-0.15, -0.1) is 0 Å². The average molecular weight is 253 g/mol. The van der Waals surface area contributed by atoms with E-state index in [-0.39, 0.29) is 0 Å². The Balaban J connectivity index is 2.01. The fourth-order valence-corrected chi connectivity index (χ4v) is 2.70. The van der Waals surface area contributed by atoms with Gasteiger partial charge in [0.25, 0.3) is 0 Å². The minimum atomic E-state index is -0.929. The first-order valence-electron chi connectivity index (χ1n) is 6.93. The maximum absolute atomic E-state index is 10.5. The van der Waals surface area contributed by atoms with Gasteiger partial charge in [-0.1, -0.05) is 26.2 Å². The predicted molar refractivity (Wildman–Crippen MR) is 68.1 cm³/mol. The molecule has 2 rings (SSSR count). The molecule has 1 aromatic rings. The summed E-state index contributed by atoms with van der Waals surface area (Å²) in [6.45, 7) is 2.89. The highest BCUT2D eigenvalue weighted by Crippen LogP contribution is 2.32. The molecule has 5 nitrogen and oxygen atoms in total. The van der Waals surface area contributed by atoms with E-state index in [0.717, 1.165) is 38.1 Å². The molecule has 1 aliphatic rings. The van der Waals surface area contributed by atoms with Crippen molar-refractivity contribution in [2.45, 2.75) is 70.1 Å². The molecule has 0 radical (unpaired) electrons. The molecule has 0 bridgehead atoms. The van der Waals surface area contributed by atoms with Crippen molar-refractivity contribution >= 4 is 0 Å². The molecule has 0 aromatic carbocycles. The lowest BCUT2D eigenvalue weighted by Gasteiger charge is -2.36. The van der Waals surface area contributed by atoms with Crippen molar-refractivity contribution < 1.29 is 10.2 Å². The highest BCUT2D eigenvalue weighted by molar-refractivity contribution is 4.96. The summed E-state index contributed by atoms with van der Waals surface area (Å²) >= 11 is 0. The molecule has 1 saturated carbocycles. The summed E-state index contributed by atoms with van der Waals surface area (Å²) in [5.74, 6) is 0.767. The van der Waals surface area contributed by atoms with Crippen LogP contribution in [0.25, 0.3) is 0 Å². The Kier molecular flexibility index (Phi) is 4.35. The van der Waals surface area contributed by atoms with Crippen molar-refractivity contribution in [3.05, 3.63) is 12.2 Å². The second-order valence-corrected chi connectivity index (χ2v) is 5.28. The Labute approximate surface area is 108 Å². The Morgan fingerprint density at radius 1 is 1.39 bits per heavy atom. The van der Waals surface area contributed by atoms with E-state index in [1.54, 1.807) is 0 Å². The van der Waals surface area contributed by atoms with Gasteiger partial charge in [0, 0.05) is 13.0 Å². The van der Waals surface area contributed by atoms with Crippen LogP contribution < -0.4 is 0 Å². The zero-order valence-electron chi connectivity index (χ0n) is 11.0. The van der Waals surface area contributed by atoms with Gasteiger partial charge >= 0.3 is 0 Å². The monoisotopic (exact) mass is 253 g/mol. The second-order valence-electron chi connectivity index (χ2n) is 5.28. The van der Waals surface area contributed by atoms with Crippen LogP contribution in [-0.4, -0.2) is 36.7 Å². The molecule has 5 heteroatoms. The fourth-order valence-electron chi connectivity index (χ4n) is 2.70. The first-order chi connectivity index (χ1) is 8.65. The number of aliphatic hydroxyl groups excluding tert-OH is 1. The van der Waals surface area contributed by atoms with Crippen molar-refractivity contribution in [1.82, 2.24) is 14.8 Å². The van der Waals surface area contributed by atoms with Gasteiger partial charge in [0.1, 0.15) is 12.2 Å². The number of hydrogen-bond acceptors (Lipinski definition) is 4. The van der Waals surface area contributed by atoms with Crippen molar-refractivity contribution in [2.75, 3.05) is 0 Å². The topological polar surface area (TPSA) is 71.2 Å². The number of hydrogen-bond donors (Lipinski definition) is 2. The summed E-state index contributed by atoms with van der Waals surface area (Å²) in [5, 5.41) is 24.9. The second kappa shape index (κ2) is 5.80. The zero-order valence-corrected chi connectivity index (χ0v) is 11.0. The predicted octanol–water partition coefficient (Wildman–Crippen LogP) is 1.29. The van der Waals surface area contributed by atoms with Crippen LogP contribution in [0.5, 0.6) is 0 Å². The lowest BCUT2D eigenvalue weighted by Crippen LogP contribution is -2.45. The van der Waals surface area contributed by atoms with Crippen molar-refractivity contribution in [1.29, 1.82) is 0 Å². The quantitative estimate of drug-likeness (QED) is 0.829. The largest absolute Gasteiger partial charge is 0.390 e. The van der Waals surface area contributed by atoms with E-state index in [0.29, 0.717) is 19.3 Å². The molecule has 102 valence electrons. The van der Waals surface area contributed by atoms with Gasteiger partial charge in [0.05, 0.1) is 11.7 Å². The number of aliphatic hydroxyl groups is 2. The fraction of sp³-hybridized carbons (Fsp3) is 0.846. The molecule has 0 aliphatic heterocycles. The maximum Gasteiger partial charge on any atom is 0.138 e. The summed E-state index contributed by atoms with van der Waals surface area (Å²) in [6.07, 6.45) is 6.67. The first-order valence-corrected chi connectivity index (χ1v) is 6.93. The first kappa shape index (κ1) is 13.5. The number of rotatable bonds is 5. The van der Waals surface area contributed by atoms with E-state index in [1.165, 1.54) is 6.33 Å². The number of nitrogens with zero attached hydrogens (tertiary/aromatic N) is 3.